The number of aromatic nitrogens is 3. The average molecular weight is 669 g/mol. The van der Waals surface area contributed by atoms with Crippen LogP contribution < -0.4 is 5.43 Å². The normalized spacial score (nSPS) is 12.0. The fourth-order valence-electron chi connectivity index (χ4n) is 7.55. The molecule has 0 radical (unpaired) electrons. The zero-order valence-electron chi connectivity index (χ0n) is 28.1. The van der Waals surface area contributed by atoms with Crippen LogP contribution in [0.25, 0.3) is 71.3 Å². The number of para-hydroxylation sites is 4. The van der Waals surface area contributed by atoms with Gasteiger partial charge in [0.2, 0.25) is 5.96 Å². The summed E-state index contributed by atoms with van der Waals surface area (Å²) in [5, 5.41) is 15.3. The molecule has 0 amide bonds. The Morgan fingerprint density at radius 2 is 1.04 bits per heavy atom. The molecule has 0 unspecified atom stereocenters. The van der Waals surface area contributed by atoms with Gasteiger partial charge in [0.15, 0.2) is 5.84 Å². The first-order chi connectivity index (χ1) is 25.7. The molecular formula is C46H32N6. The van der Waals surface area contributed by atoms with Crippen molar-refractivity contribution < 1.29 is 0 Å². The van der Waals surface area contributed by atoms with E-state index in [1.165, 1.54) is 0 Å². The highest BCUT2D eigenvalue weighted by Crippen LogP contribution is 2.34. The van der Waals surface area contributed by atoms with Crippen LogP contribution in [-0.2, 0) is 0 Å². The number of nitrogens with one attached hydrogen (secondary N) is 2. The summed E-state index contributed by atoms with van der Waals surface area (Å²) in [6, 6.07) is 60.8. The van der Waals surface area contributed by atoms with E-state index in [0.717, 1.165) is 76.9 Å². The first-order valence-corrected chi connectivity index (χ1v) is 17.4. The molecule has 10 aromatic rings. The van der Waals surface area contributed by atoms with Crippen molar-refractivity contribution in [3.05, 3.63) is 188 Å². The summed E-state index contributed by atoms with van der Waals surface area (Å²) in [6.45, 7) is 0. The largest absolute Gasteiger partial charge is 0.316 e. The SMILES string of the molecule is N=C(/N=C(\Nn1c2ccccc2c2ccccc21)c1ccc(-c2ccccc2)cc1)n1c2ccccc2c2cc3ccn(-c4ccccc4)c3cc21. The van der Waals surface area contributed by atoms with Crippen LogP contribution in [0.15, 0.2) is 187 Å². The fourth-order valence-corrected chi connectivity index (χ4v) is 7.55. The Kier molecular flexibility index (Phi) is 6.86. The molecule has 3 aromatic heterocycles. The summed E-state index contributed by atoms with van der Waals surface area (Å²) in [4.78, 5) is 5.15. The van der Waals surface area contributed by atoms with Crippen LogP contribution in [0.3, 0.4) is 0 Å². The molecule has 6 heteroatoms. The molecule has 7 aromatic carbocycles. The molecule has 0 saturated carbocycles. The van der Waals surface area contributed by atoms with Crippen molar-refractivity contribution in [3.8, 4) is 16.8 Å². The van der Waals surface area contributed by atoms with Crippen molar-refractivity contribution in [2.45, 2.75) is 0 Å². The third kappa shape index (κ3) is 4.81. The summed E-state index contributed by atoms with van der Waals surface area (Å²) in [7, 11) is 0. The Labute approximate surface area is 299 Å². The lowest BCUT2D eigenvalue weighted by molar-refractivity contribution is 1.07. The maximum Gasteiger partial charge on any atom is 0.229 e. The van der Waals surface area contributed by atoms with Crippen molar-refractivity contribution in [2.75, 3.05) is 5.43 Å². The van der Waals surface area contributed by atoms with Gasteiger partial charge in [-0.2, -0.15) is 4.99 Å². The molecule has 0 saturated heterocycles. The molecule has 2 N–H and O–H groups in total. The van der Waals surface area contributed by atoms with Crippen LogP contribution in [0.1, 0.15) is 5.56 Å². The van der Waals surface area contributed by atoms with Gasteiger partial charge in [0, 0.05) is 44.4 Å². The molecule has 52 heavy (non-hydrogen) atoms. The third-order valence-corrected chi connectivity index (χ3v) is 10.0. The minimum absolute atomic E-state index is 0.110. The predicted molar refractivity (Wildman–Crippen MR) is 217 cm³/mol. The molecular weight excluding hydrogens is 637 g/mol. The standard InChI is InChI=1S/C46H32N6/c47-46(51-40-20-10-7-19-38(40)39-29-34-27-28-50(43(34)30-44(39)51)35-15-5-2-6-16-35)48-45(33-25-23-32(24-26-33)31-13-3-1-4-14-31)49-52-41-21-11-8-17-36(41)37-18-9-12-22-42(37)52/h1-30H,(H2,47,48,49). The fraction of sp³-hybridized carbons (Fsp3) is 0. The molecule has 10 rings (SSSR count). The van der Waals surface area contributed by atoms with E-state index in [9.17, 15) is 5.41 Å². The van der Waals surface area contributed by atoms with E-state index in [2.05, 4.69) is 179 Å². The minimum atomic E-state index is 0.110. The van der Waals surface area contributed by atoms with Gasteiger partial charge in [-0.25, -0.2) is 0 Å². The lowest BCUT2D eigenvalue weighted by Crippen LogP contribution is -2.26. The van der Waals surface area contributed by atoms with Gasteiger partial charge in [-0.05, 0) is 59.7 Å². The minimum Gasteiger partial charge on any atom is -0.316 e. The molecule has 0 atom stereocenters. The number of benzene rings is 7. The van der Waals surface area contributed by atoms with Crippen LogP contribution in [0, 0.1) is 5.41 Å². The van der Waals surface area contributed by atoms with Gasteiger partial charge >= 0.3 is 0 Å². The van der Waals surface area contributed by atoms with Crippen molar-refractivity contribution >= 4 is 66.3 Å². The predicted octanol–water partition coefficient (Wildman–Crippen LogP) is 11.0. The second kappa shape index (κ2) is 12.0. The molecule has 246 valence electrons. The molecule has 6 nitrogen and oxygen atoms in total. The Morgan fingerprint density at radius 3 is 1.71 bits per heavy atom. The summed E-state index contributed by atoms with van der Waals surface area (Å²) in [6.07, 6.45) is 2.11. The highest BCUT2D eigenvalue weighted by Gasteiger charge is 2.19. The molecule has 0 fully saturated rings. The number of amidine groups is 1. The Bertz CT molecular complexity index is 2930. The lowest BCUT2D eigenvalue weighted by atomic mass is 10.0. The van der Waals surface area contributed by atoms with Gasteiger partial charge in [0.25, 0.3) is 0 Å². The molecule has 3 heterocycles. The quantitative estimate of drug-likeness (QED) is 0.142. The van der Waals surface area contributed by atoms with Crippen LogP contribution in [0.5, 0.6) is 0 Å². The number of aliphatic imine (C=N–C) groups is 1. The first kappa shape index (κ1) is 29.7. The van der Waals surface area contributed by atoms with Crippen molar-refractivity contribution in [1.29, 1.82) is 5.41 Å². The van der Waals surface area contributed by atoms with Crippen molar-refractivity contribution in [1.82, 2.24) is 13.8 Å². The molecule has 0 aliphatic carbocycles. The smallest absolute Gasteiger partial charge is 0.229 e. The van der Waals surface area contributed by atoms with Gasteiger partial charge in [-0.1, -0.05) is 127 Å². The number of hydrogen-bond acceptors (Lipinski definition) is 1. The van der Waals surface area contributed by atoms with E-state index >= 15 is 0 Å². The van der Waals surface area contributed by atoms with Crippen LogP contribution in [-0.4, -0.2) is 25.6 Å². The monoisotopic (exact) mass is 668 g/mol. The van der Waals surface area contributed by atoms with Gasteiger partial charge < -0.3 is 4.57 Å². The third-order valence-electron chi connectivity index (χ3n) is 10.0. The number of fused-ring (bicyclic) bond motifs is 7. The Hall–Kier alpha value is -7.18. The maximum absolute atomic E-state index is 9.73. The molecule has 0 bridgehead atoms. The second-order valence-corrected chi connectivity index (χ2v) is 13.0. The topological polar surface area (TPSA) is 63.0 Å². The van der Waals surface area contributed by atoms with E-state index in [1.807, 2.05) is 22.8 Å². The molecule has 0 aliphatic rings. The zero-order chi connectivity index (χ0) is 34.6. The number of rotatable bonds is 4. The Morgan fingerprint density at radius 1 is 0.481 bits per heavy atom. The number of nitrogens with zero attached hydrogens (tertiary/aromatic N) is 4. The van der Waals surface area contributed by atoms with Crippen molar-refractivity contribution in [3.63, 3.8) is 0 Å². The summed E-state index contributed by atoms with van der Waals surface area (Å²) in [5.74, 6) is 0.676. The highest BCUT2D eigenvalue weighted by molar-refractivity contribution is 6.19. The Balaban J connectivity index is 1.17. The van der Waals surface area contributed by atoms with E-state index in [-0.39, 0.29) is 5.96 Å². The average Bonchev–Trinajstić information content (AvgIpc) is 3.87. The second-order valence-electron chi connectivity index (χ2n) is 13.0. The summed E-state index contributed by atoms with van der Waals surface area (Å²) in [5.41, 5.74) is 12.9. The molecule has 0 spiro atoms. The summed E-state index contributed by atoms with van der Waals surface area (Å²) >= 11 is 0. The van der Waals surface area contributed by atoms with Crippen LogP contribution >= 0.6 is 0 Å². The maximum atomic E-state index is 9.73. The first-order valence-electron chi connectivity index (χ1n) is 17.4. The van der Waals surface area contributed by atoms with Crippen molar-refractivity contribution in [2.24, 2.45) is 4.99 Å². The molecule has 0 aliphatic heterocycles. The van der Waals surface area contributed by atoms with E-state index in [0.29, 0.717) is 5.84 Å². The van der Waals surface area contributed by atoms with Gasteiger partial charge in [0.1, 0.15) is 0 Å². The van der Waals surface area contributed by atoms with Crippen LogP contribution in [0.2, 0.25) is 0 Å². The van der Waals surface area contributed by atoms with E-state index in [1.54, 1.807) is 0 Å². The zero-order valence-corrected chi connectivity index (χ0v) is 28.1. The summed E-state index contributed by atoms with van der Waals surface area (Å²) < 4.78 is 6.26. The van der Waals surface area contributed by atoms with E-state index < -0.39 is 0 Å². The van der Waals surface area contributed by atoms with E-state index in [4.69, 9.17) is 4.99 Å². The van der Waals surface area contributed by atoms with Gasteiger partial charge in [-0.15, -0.1) is 0 Å². The highest BCUT2D eigenvalue weighted by atomic mass is 15.4. The van der Waals surface area contributed by atoms with Crippen LogP contribution in [0.4, 0.5) is 0 Å². The van der Waals surface area contributed by atoms with Gasteiger partial charge in [0.05, 0.1) is 27.6 Å². The van der Waals surface area contributed by atoms with Gasteiger partial charge in [-0.3, -0.25) is 20.1 Å². The lowest BCUT2D eigenvalue weighted by Gasteiger charge is -2.16. The number of hydrogen-bond donors (Lipinski definition) is 2.